The summed E-state index contributed by atoms with van der Waals surface area (Å²) < 4.78 is 5.66. The molecule has 0 saturated heterocycles. The van der Waals surface area contributed by atoms with E-state index in [1.165, 1.54) is 11.3 Å². The largest absolute Gasteiger partial charge is 0.379 e. The summed E-state index contributed by atoms with van der Waals surface area (Å²) in [7, 11) is 0. The van der Waals surface area contributed by atoms with Crippen LogP contribution < -0.4 is 5.32 Å². The van der Waals surface area contributed by atoms with Gasteiger partial charge in [-0.15, -0.1) is 11.3 Å². The number of nitrogens with zero attached hydrogens (tertiary/aromatic N) is 4. The highest BCUT2D eigenvalue weighted by Crippen LogP contribution is 2.34. The van der Waals surface area contributed by atoms with Crippen molar-refractivity contribution in [3.8, 4) is 0 Å². The van der Waals surface area contributed by atoms with E-state index in [1.807, 2.05) is 6.07 Å². The number of thiazole rings is 1. The lowest BCUT2D eigenvalue weighted by Crippen LogP contribution is -2.08. The zero-order valence-corrected chi connectivity index (χ0v) is 11.9. The van der Waals surface area contributed by atoms with Crippen molar-refractivity contribution >= 4 is 32.9 Å². The van der Waals surface area contributed by atoms with Crippen molar-refractivity contribution in [3.63, 3.8) is 0 Å². The van der Waals surface area contributed by atoms with Crippen LogP contribution in [-0.2, 0) is 6.42 Å². The fourth-order valence-electron chi connectivity index (χ4n) is 2.00. The molecule has 0 amide bonds. The third kappa shape index (κ3) is 2.68. The predicted molar refractivity (Wildman–Crippen MR) is 77.5 cm³/mol. The molecule has 0 radical (unpaired) electrons. The molecule has 0 aliphatic heterocycles. The second-order valence-electron chi connectivity index (χ2n) is 4.32. The molecule has 0 aliphatic rings. The molecule has 8 nitrogen and oxygen atoms in total. The fourth-order valence-corrected chi connectivity index (χ4v) is 2.68. The van der Waals surface area contributed by atoms with Crippen LogP contribution in [0.4, 0.5) is 11.4 Å². The normalized spacial score (nSPS) is 10.9. The minimum atomic E-state index is -0.414. The lowest BCUT2D eigenvalue weighted by Gasteiger charge is -2.05. The van der Waals surface area contributed by atoms with Crippen molar-refractivity contribution in [3.05, 3.63) is 39.5 Å². The van der Waals surface area contributed by atoms with E-state index >= 15 is 0 Å². The van der Waals surface area contributed by atoms with Gasteiger partial charge in [0.2, 0.25) is 5.89 Å². The lowest BCUT2D eigenvalue weighted by atomic mass is 10.2. The Morgan fingerprint density at radius 1 is 1.48 bits per heavy atom. The molecule has 0 saturated carbocycles. The number of hydrogen-bond donors (Lipinski definition) is 1. The lowest BCUT2D eigenvalue weighted by molar-refractivity contribution is -0.382. The van der Waals surface area contributed by atoms with Crippen molar-refractivity contribution < 1.29 is 9.45 Å². The van der Waals surface area contributed by atoms with Gasteiger partial charge < -0.3 is 9.84 Å². The highest BCUT2D eigenvalue weighted by atomic mass is 32.1. The first-order valence-corrected chi connectivity index (χ1v) is 7.07. The molecule has 0 aliphatic carbocycles. The molecule has 3 rings (SSSR count). The van der Waals surface area contributed by atoms with Crippen LogP contribution in [0.2, 0.25) is 0 Å². The van der Waals surface area contributed by atoms with Gasteiger partial charge in [-0.25, -0.2) is 4.98 Å². The zero-order chi connectivity index (χ0) is 14.8. The molecular weight excluding hydrogens is 294 g/mol. The average Bonchev–Trinajstić information content (AvgIpc) is 3.06. The number of aryl methyl sites for hydroxylation is 1. The Bertz CT molecular complexity index is 797. The molecule has 0 unspecified atom stereocenters. The number of nitro benzene ring substituents is 1. The summed E-state index contributed by atoms with van der Waals surface area (Å²) in [5, 5.41) is 18.1. The number of anilines is 1. The van der Waals surface area contributed by atoms with E-state index in [1.54, 1.807) is 18.5 Å². The number of aromatic nitrogens is 3. The van der Waals surface area contributed by atoms with E-state index in [4.69, 9.17) is 4.52 Å². The standard InChI is InChI=1S/C12H11N5O3S/c1-7-15-10(16-20-7)4-5-13-8-2-3-9-11(14-6-21-9)12(8)17(18)19/h2-3,6,13H,4-5H2,1H3. The summed E-state index contributed by atoms with van der Waals surface area (Å²) in [5.74, 6) is 1.07. The van der Waals surface area contributed by atoms with Gasteiger partial charge in [-0.3, -0.25) is 10.1 Å². The molecule has 21 heavy (non-hydrogen) atoms. The summed E-state index contributed by atoms with van der Waals surface area (Å²) in [6.45, 7) is 2.18. The van der Waals surface area contributed by atoms with E-state index < -0.39 is 4.92 Å². The Balaban J connectivity index is 1.80. The molecule has 2 aromatic heterocycles. The van der Waals surface area contributed by atoms with Crippen molar-refractivity contribution in [1.82, 2.24) is 15.1 Å². The van der Waals surface area contributed by atoms with Crippen molar-refractivity contribution in [1.29, 1.82) is 0 Å². The Kier molecular flexibility index (Phi) is 3.48. The van der Waals surface area contributed by atoms with Gasteiger partial charge in [0.25, 0.3) is 0 Å². The van der Waals surface area contributed by atoms with E-state index in [9.17, 15) is 10.1 Å². The number of fused-ring (bicyclic) bond motifs is 1. The van der Waals surface area contributed by atoms with E-state index in [2.05, 4.69) is 20.4 Å². The maximum Gasteiger partial charge on any atom is 0.319 e. The average molecular weight is 305 g/mol. The topological polar surface area (TPSA) is 107 Å². The van der Waals surface area contributed by atoms with Gasteiger partial charge in [0.1, 0.15) is 5.69 Å². The Hall–Kier alpha value is -2.55. The van der Waals surface area contributed by atoms with Gasteiger partial charge in [-0.2, -0.15) is 4.98 Å². The van der Waals surface area contributed by atoms with Crippen molar-refractivity contribution in [2.75, 3.05) is 11.9 Å². The van der Waals surface area contributed by atoms with Gasteiger partial charge in [-0.1, -0.05) is 5.16 Å². The molecule has 0 bridgehead atoms. The van der Waals surface area contributed by atoms with Gasteiger partial charge in [0, 0.05) is 19.9 Å². The number of rotatable bonds is 5. The van der Waals surface area contributed by atoms with E-state index in [0.717, 1.165) is 4.70 Å². The van der Waals surface area contributed by atoms with Crippen LogP contribution in [0, 0.1) is 17.0 Å². The third-order valence-electron chi connectivity index (χ3n) is 2.89. The SMILES string of the molecule is Cc1nc(CCNc2ccc3scnc3c2[N+](=O)[O-])no1. The van der Waals surface area contributed by atoms with Crippen LogP contribution in [0.3, 0.4) is 0 Å². The van der Waals surface area contributed by atoms with Crippen LogP contribution in [0.1, 0.15) is 11.7 Å². The zero-order valence-electron chi connectivity index (χ0n) is 11.1. The molecular formula is C12H11N5O3S. The van der Waals surface area contributed by atoms with Gasteiger partial charge in [0.05, 0.1) is 15.1 Å². The van der Waals surface area contributed by atoms with E-state index in [0.29, 0.717) is 35.9 Å². The smallest absolute Gasteiger partial charge is 0.319 e. The minimum Gasteiger partial charge on any atom is -0.379 e. The first kappa shape index (κ1) is 13.4. The van der Waals surface area contributed by atoms with Crippen LogP contribution in [0.5, 0.6) is 0 Å². The molecule has 0 spiro atoms. The van der Waals surface area contributed by atoms with Crippen molar-refractivity contribution in [2.24, 2.45) is 0 Å². The molecule has 0 fully saturated rings. The molecule has 1 N–H and O–H groups in total. The summed E-state index contributed by atoms with van der Waals surface area (Å²) >= 11 is 1.38. The third-order valence-corrected chi connectivity index (χ3v) is 3.69. The Morgan fingerprint density at radius 3 is 3.05 bits per heavy atom. The molecule has 3 aromatic rings. The van der Waals surface area contributed by atoms with Gasteiger partial charge >= 0.3 is 5.69 Å². The first-order chi connectivity index (χ1) is 10.1. The Labute approximate surface area is 123 Å². The molecule has 0 atom stereocenters. The second kappa shape index (κ2) is 5.44. The number of nitrogens with one attached hydrogen (secondary N) is 1. The van der Waals surface area contributed by atoms with Crippen molar-refractivity contribution in [2.45, 2.75) is 13.3 Å². The summed E-state index contributed by atoms with van der Waals surface area (Å²) in [6, 6.07) is 3.51. The Morgan fingerprint density at radius 2 is 2.33 bits per heavy atom. The molecule has 2 heterocycles. The van der Waals surface area contributed by atoms with Gasteiger partial charge in [0.15, 0.2) is 11.3 Å². The maximum absolute atomic E-state index is 11.3. The molecule has 108 valence electrons. The number of nitro groups is 1. The van der Waals surface area contributed by atoms with Crippen LogP contribution >= 0.6 is 11.3 Å². The highest BCUT2D eigenvalue weighted by molar-refractivity contribution is 7.16. The number of hydrogen-bond acceptors (Lipinski definition) is 8. The summed E-state index contributed by atoms with van der Waals surface area (Å²) in [5.41, 5.74) is 2.45. The van der Waals surface area contributed by atoms with Crippen LogP contribution in [0.25, 0.3) is 10.2 Å². The minimum absolute atomic E-state index is 0.00181. The van der Waals surface area contributed by atoms with Crippen LogP contribution in [0.15, 0.2) is 22.2 Å². The fraction of sp³-hybridized carbons (Fsp3) is 0.250. The predicted octanol–water partition coefficient (Wildman–Crippen LogP) is 2.55. The van der Waals surface area contributed by atoms with E-state index in [-0.39, 0.29) is 5.69 Å². The summed E-state index contributed by atoms with van der Waals surface area (Å²) in [6.07, 6.45) is 0.517. The molecule has 9 heteroatoms. The second-order valence-corrected chi connectivity index (χ2v) is 5.21. The quantitative estimate of drug-likeness (QED) is 0.570. The van der Waals surface area contributed by atoms with Gasteiger partial charge in [-0.05, 0) is 12.1 Å². The summed E-state index contributed by atoms with van der Waals surface area (Å²) in [4.78, 5) is 19.0. The highest BCUT2D eigenvalue weighted by Gasteiger charge is 2.20. The maximum atomic E-state index is 11.3. The molecule has 1 aromatic carbocycles. The monoisotopic (exact) mass is 305 g/mol. The first-order valence-electron chi connectivity index (χ1n) is 6.19. The van der Waals surface area contributed by atoms with Crippen LogP contribution in [-0.4, -0.2) is 26.6 Å². The number of benzene rings is 1.